The minimum Gasteiger partial charge on any atom is -0.480 e. The first-order valence-corrected chi connectivity index (χ1v) is 11.6. The van der Waals surface area contributed by atoms with Crippen molar-refractivity contribution in [1.82, 2.24) is 25.9 Å². The van der Waals surface area contributed by atoms with Crippen LogP contribution in [-0.2, 0) is 32.0 Å². The highest BCUT2D eigenvalue weighted by Crippen LogP contribution is 2.06. The SMILES string of the molecule is NC(N)=NCCCC(NC(=O)C(Cc1ccccc1)NC(=O)CNC(=O)C(N)Cc1cnc[nH]1)C(=O)O. The average Bonchev–Trinajstić information content (AvgIpc) is 3.37. The van der Waals surface area contributed by atoms with Gasteiger partial charge >= 0.3 is 5.97 Å². The summed E-state index contributed by atoms with van der Waals surface area (Å²) < 4.78 is 0. The molecule has 2 aromatic rings. The van der Waals surface area contributed by atoms with E-state index in [-0.39, 0.29) is 31.8 Å². The van der Waals surface area contributed by atoms with Crippen molar-refractivity contribution >= 4 is 29.7 Å². The van der Waals surface area contributed by atoms with Crippen molar-refractivity contribution in [2.24, 2.45) is 22.2 Å². The Labute approximate surface area is 213 Å². The molecule has 3 amide bonds. The molecule has 0 aliphatic heterocycles. The third kappa shape index (κ3) is 10.8. The Hall–Kier alpha value is -4.46. The Bertz CT molecular complexity index is 1060. The van der Waals surface area contributed by atoms with Crippen molar-refractivity contribution < 1.29 is 24.3 Å². The molecule has 1 aromatic carbocycles. The van der Waals surface area contributed by atoms with E-state index in [0.717, 1.165) is 5.56 Å². The van der Waals surface area contributed by atoms with Crippen LogP contribution < -0.4 is 33.2 Å². The summed E-state index contributed by atoms with van der Waals surface area (Å²) in [6, 6.07) is 5.68. The van der Waals surface area contributed by atoms with E-state index in [2.05, 4.69) is 30.9 Å². The Balaban J connectivity index is 1.98. The van der Waals surface area contributed by atoms with Gasteiger partial charge in [-0.25, -0.2) is 9.78 Å². The van der Waals surface area contributed by atoms with Crippen molar-refractivity contribution in [3.8, 4) is 0 Å². The van der Waals surface area contributed by atoms with Crippen LogP contribution in [0.25, 0.3) is 0 Å². The van der Waals surface area contributed by atoms with E-state index in [9.17, 15) is 24.3 Å². The molecule has 1 aromatic heterocycles. The molecule has 0 saturated heterocycles. The lowest BCUT2D eigenvalue weighted by molar-refractivity contribution is -0.142. The van der Waals surface area contributed by atoms with Crippen molar-refractivity contribution in [3.63, 3.8) is 0 Å². The number of aliphatic carboxylic acids is 1. The van der Waals surface area contributed by atoms with Crippen LogP contribution in [0.1, 0.15) is 24.1 Å². The van der Waals surface area contributed by atoms with Gasteiger partial charge in [0.1, 0.15) is 12.1 Å². The van der Waals surface area contributed by atoms with Gasteiger partial charge < -0.3 is 43.2 Å². The molecule has 200 valence electrons. The van der Waals surface area contributed by atoms with Gasteiger partial charge in [0, 0.05) is 31.3 Å². The molecule has 0 saturated carbocycles. The Morgan fingerprint density at radius 2 is 1.76 bits per heavy atom. The zero-order chi connectivity index (χ0) is 27.2. The van der Waals surface area contributed by atoms with Gasteiger partial charge in [-0.2, -0.15) is 0 Å². The van der Waals surface area contributed by atoms with E-state index >= 15 is 0 Å². The quantitative estimate of drug-likeness (QED) is 0.0724. The van der Waals surface area contributed by atoms with Gasteiger partial charge in [-0.1, -0.05) is 30.3 Å². The van der Waals surface area contributed by atoms with Gasteiger partial charge in [0.25, 0.3) is 0 Å². The molecular formula is C23H33N9O5. The Morgan fingerprint density at radius 3 is 2.38 bits per heavy atom. The summed E-state index contributed by atoms with van der Waals surface area (Å²) in [5, 5.41) is 17.0. The number of benzene rings is 1. The highest BCUT2D eigenvalue weighted by atomic mass is 16.4. The average molecular weight is 516 g/mol. The fourth-order valence-corrected chi connectivity index (χ4v) is 3.36. The number of imidazole rings is 1. The first kappa shape index (κ1) is 28.8. The van der Waals surface area contributed by atoms with Crippen molar-refractivity contribution in [1.29, 1.82) is 0 Å². The summed E-state index contributed by atoms with van der Waals surface area (Å²) in [7, 11) is 0. The second kappa shape index (κ2) is 14.8. The fraction of sp³-hybridized carbons (Fsp3) is 0.391. The maximum Gasteiger partial charge on any atom is 0.326 e. The lowest BCUT2D eigenvalue weighted by atomic mass is 10.0. The van der Waals surface area contributed by atoms with E-state index in [4.69, 9.17) is 17.2 Å². The lowest BCUT2D eigenvalue weighted by Gasteiger charge is -2.22. The third-order valence-electron chi connectivity index (χ3n) is 5.25. The molecule has 2 rings (SSSR count). The number of nitrogens with zero attached hydrogens (tertiary/aromatic N) is 2. The maximum absolute atomic E-state index is 13.0. The highest BCUT2D eigenvalue weighted by molar-refractivity contribution is 5.92. The molecule has 37 heavy (non-hydrogen) atoms. The van der Waals surface area contributed by atoms with Gasteiger partial charge in [0.05, 0.1) is 18.9 Å². The summed E-state index contributed by atoms with van der Waals surface area (Å²) in [6.07, 6.45) is 3.70. The normalized spacial score (nSPS) is 13.0. The van der Waals surface area contributed by atoms with Crippen molar-refractivity contribution in [2.75, 3.05) is 13.1 Å². The molecule has 14 heteroatoms. The van der Waals surface area contributed by atoms with E-state index < -0.39 is 48.4 Å². The molecule has 0 bridgehead atoms. The molecule has 3 unspecified atom stereocenters. The summed E-state index contributed by atoms with van der Waals surface area (Å²) in [5.74, 6) is -3.23. The second-order valence-electron chi connectivity index (χ2n) is 8.26. The molecule has 0 spiro atoms. The molecule has 3 atom stereocenters. The first-order chi connectivity index (χ1) is 17.7. The number of hydrogen-bond donors (Lipinski definition) is 8. The molecule has 0 aliphatic rings. The minimum atomic E-state index is -1.23. The number of carbonyl (C=O) groups is 4. The van der Waals surface area contributed by atoms with E-state index in [1.807, 2.05) is 0 Å². The van der Waals surface area contributed by atoms with Gasteiger partial charge in [-0.15, -0.1) is 0 Å². The number of H-pyrrole nitrogens is 1. The fourth-order valence-electron chi connectivity index (χ4n) is 3.36. The summed E-state index contributed by atoms with van der Waals surface area (Å²) in [4.78, 5) is 60.0. The zero-order valence-corrected chi connectivity index (χ0v) is 20.2. The number of amides is 3. The standard InChI is InChI=1S/C23H33N9O5/c24-16(10-15-11-27-13-30-15)20(34)29-12-19(33)31-18(9-14-5-2-1-3-6-14)21(35)32-17(22(36)37)7-4-8-28-23(25)26/h1-3,5-6,11,13,16-18H,4,7-10,12,24H2,(H,27,30)(H,29,34)(H,31,33)(H,32,35)(H,36,37)(H4,25,26,28). The maximum atomic E-state index is 13.0. The molecule has 0 fully saturated rings. The number of aliphatic imine (C=N–C) groups is 1. The van der Waals surface area contributed by atoms with Crippen LogP contribution in [0.5, 0.6) is 0 Å². The van der Waals surface area contributed by atoms with Crippen LogP contribution in [-0.4, -0.2) is 75.9 Å². The summed E-state index contributed by atoms with van der Waals surface area (Å²) in [5.41, 5.74) is 17.8. The van der Waals surface area contributed by atoms with E-state index in [1.165, 1.54) is 12.5 Å². The molecule has 0 radical (unpaired) electrons. The topological polar surface area (TPSA) is 244 Å². The number of aromatic amines is 1. The minimum absolute atomic E-state index is 0.0775. The molecule has 0 aliphatic carbocycles. The largest absolute Gasteiger partial charge is 0.480 e. The lowest BCUT2D eigenvalue weighted by Crippen LogP contribution is -2.54. The number of carboxylic acid groups (broad SMARTS) is 1. The van der Waals surface area contributed by atoms with Crippen LogP contribution in [0.3, 0.4) is 0 Å². The van der Waals surface area contributed by atoms with Gasteiger partial charge in [0.2, 0.25) is 17.7 Å². The van der Waals surface area contributed by atoms with Gasteiger partial charge in [0.15, 0.2) is 5.96 Å². The molecule has 1 heterocycles. The number of carbonyl (C=O) groups excluding carboxylic acids is 3. The molecule has 11 N–H and O–H groups in total. The van der Waals surface area contributed by atoms with Crippen LogP contribution in [0.4, 0.5) is 0 Å². The van der Waals surface area contributed by atoms with Crippen LogP contribution in [0.15, 0.2) is 47.8 Å². The third-order valence-corrected chi connectivity index (χ3v) is 5.25. The number of nitrogens with two attached hydrogens (primary N) is 3. The van der Waals surface area contributed by atoms with E-state index in [0.29, 0.717) is 12.1 Å². The predicted octanol–water partition coefficient (Wildman–Crippen LogP) is -2.25. The number of guanidine groups is 1. The Kier molecular flexibility index (Phi) is 11.5. The number of nitrogens with one attached hydrogen (secondary N) is 4. The zero-order valence-electron chi connectivity index (χ0n) is 20.2. The first-order valence-electron chi connectivity index (χ1n) is 11.6. The molecule has 14 nitrogen and oxygen atoms in total. The van der Waals surface area contributed by atoms with Crippen molar-refractivity contribution in [3.05, 3.63) is 54.1 Å². The molecular weight excluding hydrogens is 482 g/mol. The summed E-state index contributed by atoms with van der Waals surface area (Å²) >= 11 is 0. The number of aromatic nitrogens is 2. The second-order valence-corrected chi connectivity index (χ2v) is 8.26. The van der Waals surface area contributed by atoms with Gasteiger partial charge in [-0.05, 0) is 18.4 Å². The van der Waals surface area contributed by atoms with Crippen LogP contribution in [0.2, 0.25) is 0 Å². The monoisotopic (exact) mass is 515 g/mol. The van der Waals surface area contributed by atoms with E-state index in [1.54, 1.807) is 30.3 Å². The van der Waals surface area contributed by atoms with Crippen LogP contribution in [0, 0.1) is 0 Å². The van der Waals surface area contributed by atoms with Crippen LogP contribution >= 0.6 is 0 Å². The van der Waals surface area contributed by atoms with Crippen molar-refractivity contribution in [2.45, 2.75) is 43.8 Å². The Morgan fingerprint density at radius 1 is 1.03 bits per heavy atom. The number of carboxylic acids is 1. The number of rotatable bonds is 15. The summed E-state index contributed by atoms with van der Waals surface area (Å²) in [6.45, 7) is -0.219. The number of hydrogen-bond acceptors (Lipinski definition) is 7. The predicted molar refractivity (Wildman–Crippen MR) is 135 cm³/mol. The smallest absolute Gasteiger partial charge is 0.326 e. The highest BCUT2D eigenvalue weighted by Gasteiger charge is 2.27. The van der Waals surface area contributed by atoms with Gasteiger partial charge in [-0.3, -0.25) is 19.4 Å².